The summed E-state index contributed by atoms with van der Waals surface area (Å²) in [4.78, 5) is 69.4. The van der Waals surface area contributed by atoms with Crippen molar-refractivity contribution in [3.05, 3.63) is 77.8 Å². The minimum atomic E-state index is -1.03. The molecule has 13 nitrogen and oxygen atoms in total. The summed E-state index contributed by atoms with van der Waals surface area (Å²) in [6.07, 6.45) is 4.18. The minimum Gasteiger partial charge on any atom is -0.458 e. The number of aromatic nitrogens is 1. The Hall–Kier alpha value is -5.11. The van der Waals surface area contributed by atoms with Crippen molar-refractivity contribution < 1.29 is 42.4 Å². The summed E-state index contributed by atoms with van der Waals surface area (Å²) in [7, 11) is 0. The Balaban J connectivity index is 0.887. The number of hydrogen-bond donors (Lipinski definition) is 0. The lowest BCUT2D eigenvalue weighted by Gasteiger charge is -2.45. The number of ether oxygens (including phenoxy) is 2. The molecule has 4 amide bonds. The highest BCUT2D eigenvalue weighted by Crippen LogP contribution is 2.33. The van der Waals surface area contributed by atoms with Gasteiger partial charge in [0.2, 0.25) is 5.91 Å². The first-order valence-corrected chi connectivity index (χ1v) is 16.5. The van der Waals surface area contributed by atoms with Gasteiger partial charge in [-0.05, 0) is 63.0 Å². The van der Waals surface area contributed by atoms with E-state index < -0.39 is 24.1 Å². The van der Waals surface area contributed by atoms with Crippen molar-refractivity contribution in [1.82, 2.24) is 24.8 Å². The summed E-state index contributed by atoms with van der Waals surface area (Å²) in [6, 6.07) is 12.6. The third-order valence-corrected chi connectivity index (χ3v) is 9.24. The van der Waals surface area contributed by atoms with Crippen LogP contribution in [0.3, 0.4) is 0 Å². The van der Waals surface area contributed by atoms with E-state index in [4.69, 9.17) is 14.0 Å². The number of unbranched alkanes of at least 4 members (excludes halogenated alkanes) is 1. The van der Waals surface area contributed by atoms with Crippen LogP contribution in [-0.4, -0.2) is 107 Å². The zero-order valence-corrected chi connectivity index (χ0v) is 27.0. The van der Waals surface area contributed by atoms with Crippen molar-refractivity contribution in [1.29, 1.82) is 0 Å². The van der Waals surface area contributed by atoms with E-state index in [1.165, 1.54) is 21.9 Å². The third-order valence-electron chi connectivity index (χ3n) is 9.24. The van der Waals surface area contributed by atoms with E-state index in [-0.39, 0.29) is 56.3 Å². The molecule has 258 valence electrons. The molecule has 3 aliphatic rings. The standard InChI is InChI=1S/C35H38FN5O8/c36-26-8-9-28-29(20-26)49-37-33(28)25-12-16-38(17-13-25)14-4-5-15-41-30(42)21-27-22-39(18-19-40(27)34(41)45)35(46)48-32(44)11-10-31(43)47-23-24-6-2-1-3-7-24/h1-3,6-11,20,25,27H,4-5,12-19,21-23H2/b11-10+. The van der Waals surface area contributed by atoms with Crippen LogP contribution >= 0.6 is 0 Å². The van der Waals surface area contributed by atoms with Crippen molar-refractivity contribution in [2.45, 2.75) is 50.7 Å². The molecular formula is C35H38FN5O8. The van der Waals surface area contributed by atoms with E-state index in [1.54, 1.807) is 35.2 Å². The summed E-state index contributed by atoms with van der Waals surface area (Å²) in [6.45, 7) is 3.36. The summed E-state index contributed by atoms with van der Waals surface area (Å²) < 4.78 is 28.8. The van der Waals surface area contributed by atoms with Crippen LogP contribution in [0.4, 0.5) is 14.0 Å². The van der Waals surface area contributed by atoms with Gasteiger partial charge < -0.3 is 28.7 Å². The Morgan fingerprint density at radius 1 is 0.939 bits per heavy atom. The number of rotatable bonds is 10. The Morgan fingerprint density at radius 2 is 1.69 bits per heavy atom. The van der Waals surface area contributed by atoms with Crippen LogP contribution in [-0.2, 0) is 30.5 Å². The van der Waals surface area contributed by atoms with Gasteiger partial charge in [0.05, 0.1) is 11.7 Å². The molecule has 0 saturated carbocycles. The van der Waals surface area contributed by atoms with E-state index in [1.807, 2.05) is 6.07 Å². The summed E-state index contributed by atoms with van der Waals surface area (Å²) >= 11 is 0. The van der Waals surface area contributed by atoms with Crippen LogP contribution < -0.4 is 0 Å². The normalized spacial score (nSPS) is 19.0. The smallest absolute Gasteiger partial charge is 0.417 e. The minimum absolute atomic E-state index is 0.0356. The van der Waals surface area contributed by atoms with Gasteiger partial charge in [-0.3, -0.25) is 9.69 Å². The summed E-state index contributed by atoms with van der Waals surface area (Å²) in [5.74, 6) is -2.18. The Labute approximate surface area is 282 Å². The fourth-order valence-electron chi connectivity index (χ4n) is 6.60. The van der Waals surface area contributed by atoms with Crippen molar-refractivity contribution in [2.75, 3.05) is 45.8 Å². The number of fused-ring (bicyclic) bond motifs is 2. The summed E-state index contributed by atoms with van der Waals surface area (Å²) in [5, 5.41) is 5.07. The Kier molecular flexibility index (Phi) is 10.6. The van der Waals surface area contributed by atoms with Crippen molar-refractivity contribution in [3.8, 4) is 0 Å². The number of carbonyl (C=O) groups excluding carboxylic acids is 5. The SMILES string of the molecule is O=C(/C=C/C(=O)OC(=O)N1CCN2C(=O)N(CCCCN3CCC(c4noc5cc(F)ccc45)CC3)C(=O)CC2C1)OCc1ccccc1. The average Bonchev–Trinajstić information content (AvgIpc) is 3.53. The lowest BCUT2D eigenvalue weighted by atomic mass is 9.91. The zero-order valence-electron chi connectivity index (χ0n) is 27.0. The van der Waals surface area contributed by atoms with Crippen LogP contribution in [0.15, 0.2) is 65.2 Å². The lowest BCUT2D eigenvalue weighted by Crippen LogP contribution is -2.64. The maximum Gasteiger partial charge on any atom is 0.417 e. The molecular weight excluding hydrogens is 637 g/mol. The number of nitrogens with zero attached hydrogens (tertiary/aromatic N) is 5. The highest BCUT2D eigenvalue weighted by atomic mass is 19.1. The molecule has 1 aromatic heterocycles. The second-order valence-corrected chi connectivity index (χ2v) is 12.5. The quantitative estimate of drug-likeness (QED) is 0.133. The maximum absolute atomic E-state index is 13.5. The van der Waals surface area contributed by atoms with Gasteiger partial charge in [-0.1, -0.05) is 35.5 Å². The number of piperazine rings is 1. The molecule has 3 aromatic rings. The van der Waals surface area contributed by atoms with Crippen LogP contribution in [0, 0.1) is 5.82 Å². The van der Waals surface area contributed by atoms with Gasteiger partial charge in [-0.15, -0.1) is 0 Å². The molecule has 0 bridgehead atoms. The fourth-order valence-corrected chi connectivity index (χ4v) is 6.60. The first-order chi connectivity index (χ1) is 23.7. The van der Waals surface area contributed by atoms with Crippen molar-refractivity contribution in [2.24, 2.45) is 0 Å². The predicted molar refractivity (Wildman–Crippen MR) is 172 cm³/mol. The molecule has 1 atom stereocenters. The number of hydrogen-bond acceptors (Lipinski definition) is 10. The topological polar surface area (TPSA) is 143 Å². The second kappa shape index (κ2) is 15.4. The van der Waals surface area contributed by atoms with E-state index in [9.17, 15) is 28.4 Å². The number of imide groups is 1. The molecule has 0 radical (unpaired) electrons. The van der Waals surface area contributed by atoms with Crippen LogP contribution in [0.25, 0.3) is 11.0 Å². The highest BCUT2D eigenvalue weighted by molar-refractivity contribution is 5.98. The van der Waals surface area contributed by atoms with E-state index in [2.05, 4.69) is 10.1 Å². The zero-order chi connectivity index (χ0) is 34.3. The molecule has 6 rings (SSSR count). The van der Waals surface area contributed by atoms with Gasteiger partial charge >= 0.3 is 24.1 Å². The molecule has 0 spiro atoms. The van der Waals surface area contributed by atoms with Crippen molar-refractivity contribution >= 4 is 40.9 Å². The van der Waals surface area contributed by atoms with Gasteiger partial charge in [0.1, 0.15) is 12.4 Å². The van der Waals surface area contributed by atoms with E-state index >= 15 is 0 Å². The first-order valence-electron chi connectivity index (χ1n) is 16.5. The van der Waals surface area contributed by atoms with Gasteiger partial charge in [0.25, 0.3) is 0 Å². The molecule has 4 heterocycles. The predicted octanol–water partition coefficient (Wildman–Crippen LogP) is 4.23. The number of amides is 4. The maximum atomic E-state index is 13.5. The molecule has 1 unspecified atom stereocenters. The number of halogens is 1. The van der Waals surface area contributed by atoms with Crippen LogP contribution in [0.5, 0.6) is 0 Å². The number of piperidine rings is 1. The number of likely N-dealkylation sites (tertiary alicyclic amines) is 1. The largest absolute Gasteiger partial charge is 0.458 e. The van der Waals surface area contributed by atoms with Gasteiger partial charge in [-0.2, -0.15) is 0 Å². The van der Waals surface area contributed by atoms with E-state index in [0.29, 0.717) is 18.5 Å². The molecule has 3 saturated heterocycles. The average molecular weight is 676 g/mol. The van der Waals surface area contributed by atoms with Crippen LogP contribution in [0.2, 0.25) is 0 Å². The van der Waals surface area contributed by atoms with Gasteiger partial charge in [0, 0.05) is 62.1 Å². The molecule has 14 heteroatoms. The molecule has 3 aliphatic heterocycles. The number of urea groups is 1. The van der Waals surface area contributed by atoms with Crippen molar-refractivity contribution in [3.63, 3.8) is 0 Å². The highest BCUT2D eigenvalue weighted by Gasteiger charge is 2.42. The van der Waals surface area contributed by atoms with Gasteiger partial charge in [0.15, 0.2) is 5.58 Å². The molecule has 49 heavy (non-hydrogen) atoms. The molecule has 2 aromatic carbocycles. The number of carbonyl (C=O) groups is 5. The lowest BCUT2D eigenvalue weighted by molar-refractivity contribution is -0.140. The molecule has 3 fully saturated rings. The first kappa shape index (κ1) is 33.8. The van der Waals surface area contributed by atoms with Gasteiger partial charge in [-0.25, -0.2) is 23.6 Å². The third kappa shape index (κ3) is 8.31. The number of esters is 2. The molecule has 0 aliphatic carbocycles. The second-order valence-electron chi connectivity index (χ2n) is 12.5. The Morgan fingerprint density at radius 3 is 2.49 bits per heavy atom. The van der Waals surface area contributed by atoms with Crippen LogP contribution in [0.1, 0.15) is 49.3 Å². The Bertz CT molecular complexity index is 1720. The molecule has 0 N–H and O–H groups in total. The summed E-state index contributed by atoms with van der Waals surface area (Å²) in [5.41, 5.74) is 2.13. The monoisotopic (exact) mass is 675 g/mol. The fraction of sp³-hybridized carbons (Fsp3) is 0.429. The number of benzene rings is 2. The van der Waals surface area contributed by atoms with E-state index in [0.717, 1.165) is 67.7 Å².